The number of ketones is 1. The lowest BCUT2D eigenvalue weighted by Gasteiger charge is -2.10. The minimum atomic E-state index is -3.95. The third kappa shape index (κ3) is 4.10. The predicted octanol–water partition coefficient (Wildman–Crippen LogP) is 5.45. The van der Waals surface area contributed by atoms with E-state index in [1.165, 1.54) is 12.1 Å². The van der Waals surface area contributed by atoms with Crippen molar-refractivity contribution < 1.29 is 13.2 Å². The Kier molecular flexibility index (Phi) is 5.63. The molecule has 0 fully saturated rings. The average Bonchev–Trinajstić information content (AvgIpc) is 3.12. The maximum absolute atomic E-state index is 13.5. The number of nitrogen functional groups attached to an aromatic ring is 1. The summed E-state index contributed by atoms with van der Waals surface area (Å²) < 4.78 is 26.9. The van der Waals surface area contributed by atoms with Crippen LogP contribution in [0.15, 0.2) is 94.7 Å². The number of hydrogen-bond acceptors (Lipinski definition) is 6. The maximum atomic E-state index is 13.5. The van der Waals surface area contributed by atoms with Crippen LogP contribution in [0.2, 0.25) is 0 Å². The zero-order valence-corrected chi connectivity index (χ0v) is 18.3. The summed E-state index contributed by atoms with van der Waals surface area (Å²) in [5.74, 6) is -0.315. The third-order valence-corrected chi connectivity index (χ3v) is 7.88. The number of aryl methyl sites for hydroxylation is 1. The number of rotatable bonds is 6. The monoisotopic (exact) mass is 448 g/mol. The van der Waals surface area contributed by atoms with Crippen LogP contribution in [0.25, 0.3) is 0 Å². The van der Waals surface area contributed by atoms with E-state index in [9.17, 15) is 13.2 Å². The predicted molar refractivity (Wildman–Crippen MR) is 125 cm³/mol. The first-order valence-electron chi connectivity index (χ1n) is 9.54. The number of nitrogens with two attached hydrogens (primary N) is 1. The van der Waals surface area contributed by atoms with Gasteiger partial charge in [0.25, 0.3) is 0 Å². The van der Waals surface area contributed by atoms with Gasteiger partial charge < -0.3 is 11.1 Å². The number of benzene rings is 3. The first kappa shape index (κ1) is 20.8. The molecular formula is C24H20N2O3S2. The van der Waals surface area contributed by atoms with Gasteiger partial charge in [-0.2, -0.15) is 0 Å². The van der Waals surface area contributed by atoms with Crippen molar-refractivity contribution in [3.05, 3.63) is 101 Å². The van der Waals surface area contributed by atoms with Gasteiger partial charge >= 0.3 is 0 Å². The third-order valence-electron chi connectivity index (χ3n) is 4.77. The highest BCUT2D eigenvalue weighted by Gasteiger charge is 2.31. The first-order valence-corrected chi connectivity index (χ1v) is 11.8. The number of carbonyl (C=O) groups excluding carboxylic acids is 1. The van der Waals surface area contributed by atoms with Gasteiger partial charge in [-0.3, -0.25) is 4.79 Å². The molecule has 0 bridgehead atoms. The number of thiophene rings is 1. The minimum absolute atomic E-state index is 0.0442. The van der Waals surface area contributed by atoms with Gasteiger partial charge in [0.2, 0.25) is 15.6 Å². The molecule has 0 saturated carbocycles. The van der Waals surface area contributed by atoms with Crippen molar-refractivity contribution >= 4 is 43.3 Å². The second-order valence-corrected chi connectivity index (χ2v) is 9.91. The number of nitrogens with one attached hydrogen (secondary N) is 1. The fraction of sp³-hybridized carbons (Fsp3) is 0.0417. The SMILES string of the molecule is Cc1ccc(Nc2sc(C(=O)c3ccccc3)c(N)c2S(=O)(=O)c2ccccc2)cc1. The number of sulfone groups is 1. The number of carbonyl (C=O) groups is 1. The Hall–Kier alpha value is -3.42. The second-order valence-electron chi connectivity index (χ2n) is 7.01. The fourth-order valence-corrected chi connectivity index (χ4v) is 6.11. The molecule has 156 valence electrons. The Labute approximate surface area is 185 Å². The van der Waals surface area contributed by atoms with Gasteiger partial charge in [-0.25, -0.2) is 8.42 Å². The van der Waals surface area contributed by atoms with Crippen molar-refractivity contribution in [3.8, 4) is 0 Å². The molecule has 0 amide bonds. The zero-order valence-electron chi connectivity index (χ0n) is 16.7. The molecule has 31 heavy (non-hydrogen) atoms. The molecule has 1 heterocycles. The molecule has 3 aromatic carbocycles. The van der Waals surface area contributed by atoms with E-state index < -0.39 is 9.84 Å². The van der Waals surface area contributed by atoms with Crippen molar-refractivity contribution in [1.29, 1.82) is 0 Å². The molecule has 0 atom stereocenters. The molecule has 3 N–H and O–H groups in total. The molecule has 0 spiro atoms. The Morgan fingerprint density at radius 1 is 0.871 bits per heavy atom. The Morgan fingerprint density at radius 3 is 2.06 bits per heavy atom. The highest BCUT2D eigenvalue weighted by atomic mass is 32.2. The van der Waals surface area contributed by atoms with Crippen molar-refractivity contribution in [2.75, 3.05) is 11.1 Å². The lowest BCUT2D eigenvalue weighted by atomic mass is 10.1. The van der Waals surface area contributed by atoms with Crippen molar-refractivity contribution in [2.45, 2.75) is 16.7 Å². The first-order chi connectivity index (χ1) is 14.9. The van der Waals surface area contributed by atoms with Crippen LogP contribution in [0.1, 0.15) is 20.8 Å². The molecule has 0 radical (unpaired) electrons. The Bertz CT molecular complexity index is 1330. The molecule has 0 saturated heterocycles. The number of hydrogen-bond donors (Lipinski definition) is 2. The van der Waals surface area contributed by atoms with Crippen LogP contribution in [0, 0.1) is 6.92 Å². The van der Waals surface area contributed by atoms with Gasteiger partial charge in [-0.05, 0) is 31.2 Å². The molecule has 4 rings (SSSR count). The molecule has 0 aliphatic heterocycles. The quantitative estimate of drug-likeness (QED) is 0.383. The maximum Gasteiger partial charge on any atom is 0.211 e. The number of anilines is 3. The van der Waals surface area contributed by atoms with Crippen LogP contribution in [0.3, 0.4) is 0 Å². The molecule has 0 aliphatic carbocycles. The van der Waals surface area contributed by atoms with E-state index in [0.29, 0.717) is 16.3 Å². The second kappa shape index (κ2) is 8.37. The molecule has 4 aromatic rings. The highest BCUT2D eigenvalue weighted by molar-refractivity contribution is 7.92. The topological polar surface area (TPSA) is 89.3 Å². The molecule has 1 aromatic heterocycles. The zero-order chi connectivity index (χ0) is 22.0. The molecule has 0 aliphatic rings. The molecule has 0 unspecified atom stereocenters. The Morgan fingerprint density at radius 2 is 1.45 bits per heavy atom. The highest BCUT2D eigenvalue weighted by Crippen LogP contribution is 2.44. The Balaban J connectivity index is 1.88. The minimum Gasteiger partial charge on any atom is -0.396 e. The van der Waals surface area contributed by atoms with E-state index in [2.05, 4.69) is 5.32 Å². The summed E-state index contributed by atoms with van der Waals surface area (Å²) in [5, 5.41) is 3.46. The summed E-state index contributed by atoms with van der Waals surface area (Å²) in [7, 11) is -3.95. The van der Waals surface area contributed by atoms with Crippen LogP contribution in [0.4, 0.5) is 16.4 Å². The summed E-state index contributed by atoms with van der Waals surface area (Å²) in [6.07, 6.45) is 0. The normalized spacial score (nSPS) is 11.3. The van der Waals surface area contributed by atoms with Gasteiger partial charge in [0.1, 0.15) is 14.8 Å². The van der Waals surface area contributed by atoms with Crippen LogP contribution in [0.5, 0.6) is 0 Å². The van der Waals surface area contributed by atoms with Crippen molar-refractivity contribution in [2.24, 2.45) is 0 Å². The van der Waals surface area contributed by atoms with E-state index >= 15 is 0 Å². The summed E-state index contributed by atoms with van der Waals surface area (Å²) in [5.41, 5.74) is 8.50. The van der Waals surface area contributed by atoms with Crippen LogP contribution >= 0.6 is 11.3 Å². The van der Waals surface area contributed by atoms with E-state index in [-0.39, 0.29) is 26.1 Å². The van der Waals surface area contributed by atoms with Gasteiger partial charge in [0, 0.05) is 11.3 Å². The van der Waals surface area contributed by atoms with E-state index in [0.717, 1.165) is 16.9 Å². The molecule has 5 nitrogen and oxygen atoms in total. The molecular weight excluding hydrogens is 428 g/mol. The summed E-state index contributed by atoms with van der Waals surface area (Å²) >= 11 is 1.04. The van der Waals surface area contributed by atoms with E-state index in [1.54, 1.807) is 42.5 Å². The van der Waals surface area contributed by atoms with Gasteiger partial charge in [-0.1, -0.05) is 66.2 Å². The lowest BCUT2D eigenvalue weighted by molar-refractivity contribution is 0.104. The van der Waals surface area contributed by atoms with Crippen LogP contribution < -0.4 is 11.1 Å². The molecule has 7 heteroatoms. The fourth-order valence-electron chi connectivity index (χ4n) is 3.15. The van der Waals surface area contributed by atoms with Crippen LogP contribution in [-0.4, -0.2) is 14.2 Å². The smallest absolute Gasteiger partial charge is 0.211 e. The van der Waals surface area contributed by atoms with E-state index in [1.807, 2.05) is 37.3 Å². The van der Waals surface area contributed by atoms with E-state index in [4.69, 9.17) is 5.73 Å². The van der Waals surface area contributed by atoms with Gasteiger partial charge in [0.15, 0.2) is 0 Å². The summed E-state index contributed by atoms with van der Waals surface area (Å²) in [4.78, 5) is 13.3. The lowest BCUT2D eigenvalue weighted by Crippen LogP contribution is -2.08. The summed E-state index contributed by atoms with van der Waals surface area (Å²) in [6.45, 7) is 1.97. The van der Waals surface area contributed by atoms with Crippen molar-refractivity contribution in [3.63, 3.8) is 0 Å². The van der Waals surface area contributed by atoms with Gasteiger partial charge in [0.05, 0.1) is 10.6 Å². The standard InChI is InChI=1S/C24H20N2O3S2/c1-16-12-14-18(15-13-16)26-24-23(31(28,29)19-10-6-3-7-11-19)20(25)22(30-24)21(27)17-8-4-2-5-9-17/h2-15,26H,25H2,1H3. The van der Waals surface area contributed by atoms with Crippen LogP contribution in [-0.2, 0) is 9.84 Å². The van der Waals surface area contributed by atoms with Gasteiger partial charge in [-0.15, -0.1) is 11.3 Å². The summed E-state index contributed by atoms with van der Waals surface area (Å²) in [6, 6.07) is 24.3. The largest absolute Gasteiger partial charge is 0.396 e. The average molecular weight is 449 g/mol. The van der Waals surface area contributed by atoms with Crippen molar-refractivity contribution in [1.82, 2.24) is 0 Å².